The third-order valence-corrected chi connectivity index (χ3v) is 4.24. The van der Waals surface area contributed by atoms with Crippen LogP contribution in [0.15, 0.2) is 35.8 Å². The lowest BCUT2D eigenvalue weighted by molar-refractivity contribution is -0.384. The number of benzene rings is 1. The molecule has 0 aliphatic heterocycles. The molecule has 0 aliphatic rings. The average molecular weight is 287 g/mol. The van der Waals surface area contributed by atoms with Crippen LogP contribution in [0.3, 0.4) is 0 Å². The maximum atomic E-state index is 10.9. The summed E-state index contributed by atoms with van der Waals surface area (Å²) in [4.78, 5) is 15.0. The van der Waals surface area contributed by atoms with Crippen LogP contribution in [0.4, 0.5) is 5.69 Å². The molecule has 102 valence electrons. The fourth-order valence-electron chi connectivity index (χ4n) is 2.18. The van der Waals surface area contributed by atoms with Gasteiger partial charge in [-0.05, 0) is 18.6 Å². The highest BCUT2D eigenvalue weighted by Crippen LogP contribution is 2.23. The predicted molar refractivity (Wildman–Crippen MR) is 79.2 cm³/mol. The lowest BCUT2D eigenvalue weighted by Gasteiger charge is -2.02. The summed E-state index contributed by atoms with van der Waals surface area (Å²) in [6.45, 7) is 2.72. The number of hydrogen-bond donors (Lipinski definition) is 0. The van der Waals surface area contributed by atoms with E-state index in [2.05, 4.69) is 11.9 Å². The molecule has 0 saturated carbocycles. The minimum atomic E-state index is -0.366. The van der Waals surface area contributed by atoms with Gasteiger partial charge in [0.1, 0.15) is 0 Å². The summed E-state index contributed by atoms with van der Waals surface area (Å²) in [5.74, 6) is 0. The lowest BCUT2D eigenvalue weighted by Crippen LogP contribution is -1.99. The molecule has 3 rings (SSSR count). The Hall–Kier alpha value is -2.21. The van der Waals surface area contributed by atoms with Gasteiger partial charge in [0.05, 0.1) is 27.7 Å². The molecule has 2 heterocycles. The Labute approximate surface area is 119 Å². The van der Waals surface area contributed by atoms with Crippen molar-refractivity contribution in [3.05, 3.63) is 56.7 Å². The van der Waals surface area contributed by atoms with Gasteiger partial charge in [0.25, 0.3) is 5.69 Å². The van der Waals surface area contributed by atoms with Crippen molar-refractivity contribution in [2.75, 3.05) is 0 Å². The molecule has 20 heavy (non-hydrogen) atoms. The van der Waals surface area contributed by atoms with Gasteiger partial charge in [0.15, 0.2) is 0 Å². The summed E-state index contributed by atoms with van der Waals surface area (Å²) in [6.07, 6.45) is 2.88. The van der Waals surface area contributed by atoms with E-state index in [4.69, 9.17) is 0 Å². The highest BCUT2D eigenvalue weighted by Gasteiger charge is 2.10. The Morgan fingerprint density at radius 3 is 2.95 bits per heavy atom. The van der Waals surface area contributed by atoms with Gasteiger partial charge in [-0.15, -0.1) is 11.3 Å². The summed E-state index contributed by atoms with van der Waals surface area (Å²) in [5, 5.41) is 15.0. The van der Waals surface area contributed by atoms with Crippen LogP contribution < -0.4 is 0 Å². The Balaban J connectivity index is 1.98. The van der Waals surface area contributed by atoms with Gasteiger partial charge < -0.3 is 4.57 Å². The number of aryl methyl sites for hydroxylation is 1. The maximum Gasteiger partial charge on any atom is 0.271 e. The number of rotatable bonds is 4. The minimum Gasteiger partial charge on any atom is -0.341 e. The number of thiazole rings is 1. The van der Waals surface area contributed by atoms with Gasteiger partial charge in [-0.1, -0.05) is 6.92 Å². The van der Waals surface area contributed by atoms with Crippen LogP contribution in [0.1, 0.15) is 17.6 Å². The van der Waals surface area contributed by atoms with E-state index in [1.54, 1.807) is 23.5 Å². The van der Waals surface area contributed by atoms with Crippen LogP contribution in [0.2, 0.25) is 0 Å². The topological polar surface area (TPSA) is 61.0 Å². The van der Waals surface area contributed by atoms with Crippen molar-refractivity contribution in [2.24, 2.45) is 0 Å². The van der Waals surface area contributed by atoms with Gasteiger partial charge in [0, 0.05) is 29.1 Å². The summed E-state index contributed by atoms with van der Waals surface area (Å²) in [6, 6.07) is 6.89. The predicted octanol–water partition coefficient (Wildman–Crippen LogP) is 3.62. The number of fused-ring (bicyclic) bond motifs is 1. The molecular formula is C14H13N3O2S. The molecule has 0 unspecified atom stereocenters. The molecule has 0 bridgehead atoms. The minimum absolute atomic E-state index is 0.116. The van der Waals surface area contributed by atoms with Crippen LogP contribution in [-0.4, -0.2) is 14.5 Å². The van der Waals surface area contributed by atoms with E-state index in [9.17, 15) is 10.1 Å². The van der Waals surface area contributed by atoms with Crippen LogP contribution in [0, 0.1) is 10.1 Å². The Bertz CT molecular complexity index is 776. The summed E-state index contributed by atoms with van der Waals surface area (Å²) < 4.78 is 2.00. The number of hydrogen-bond acceptors (Lipinski definition) is 4. The zero-order valence-electron chi connectivity index (χ0n) is 10.9. The largest absolute Gasteiger partial charge is 0.341 e. The number of nitro groups is 1. The van der Waals surface area contributed by atoms with Gasteiger partial charge in [0.2, 0.25) is 0 Å². The van der Waals surface area contributed by atoms with Crippen LogP contribution in [0.5, 0.6) is 0 Å². The molecular weight excluding hydrogens is 274 g/mol. The van der Waals surface area contributed by atoms with E-state index < -0.39 is 0 Å². The lowest BCUT2D eigenvalue weighted by atomic mass is 10.2. The Morgan fingerprint density at radius 1 is 1.40 bits per heavy atom. The zero-order chi connectivity index (χ0) is 14.1. The van der Waals surface area contributed by atoms with Crippen molar-refractivity contribution in [2.45, 2.75) is 19.9 Å². The monoisotopic (exact) mass is 287 g/mol. The van der Waals surface area contributed by atoms with Crippen LogP contribution >= 0.6 is 11.3 Å². The number of aromatic nitrogens is 2. The molecule has 0 aliphatic carbocycles. The van der Waals surface area contributed by atoms with E-state index in [0.717, 1.165) is 28.0 Å². The molecule has 0 atom stereocenters. The Kier molecular flexibility index (Phi) is 3.23. The number of non-ortho nitro benzene ring substituents is 1. The molecule has 0 fully saturated rings. The maximum absolute atomic E-state index is 10.9. The summed E-state index contributed by atoms with van der Waals surface area (Å²) in [5.41, 5.74) is 1.98. The molecule has 0 spiro atoms. The van der Waals surface area contributed by atoms with E-state index in [1.165, 1.54) is 6.07 Å². The first-order chi connectivity index (χ1) is 9.67. The second-order valence-electron chi connectivity index (χ2n) is 4.53. The van der Waals surface area contributed by atoms with Crippen LogP contribution in [0.25, 0.3) is 10.9 Å². The van der Waals surface area contributed by atoms with Gasteiger partial charge in [-0.25, -0.2) is 4.98 Å². The normalized spacial score (nSPS) is 11.1. The van der Waals surface area contributed by atoms with Crippen molar-refractivity contribution in [1.82, 2.24) is 9.55 Å². The molecule has 0 amide bonds. The average Bonchev–Trinajstić information content (AvgIpc) is 3.06. The van der Waals surface area contributed by atoms with Crippen molar-refractivity contribution < 1.29 is 4.92 Å². The number of nitrogens with zero attached hydrogens (tertiary/aromatic N) is 3. The highest BCUT2D eigenvalue weighted by atomic mass is 32.1. The second kappa shape index (κ2) is 5.05. The molecule has 2 aromatic heterocycles. The van der Waals surface area contributed by atoms with Gasteiger partial charge in [-0.3, -0.25) is 10.1 Å². The molecule has 6 heteroatoms. The van der Waals surface area contributed by atoms with E-state index in [-0.39, 0.29) is 10.6 Å². The fraction of sp³-hybridized carbons (Fsp3) is 0.214. The quantitative estimate of drug-likeness (QED) is 0.544. The van der Waals surface area contributed by atoms with E-state index in [1.807, 2.05) is 22.2 Å². The summed E-state index contributed by atoms with van der Waals surface area (Å²) in [7, 11) is 0. The molecule has 0 radical (unpaired) electrons. The third-order valence-electron chi connectivity index (χ3n) is 3.20. The van der Waals surface area contributed by atoms with Crippen LogP contribution in [-0.2, 0) is 13.0 Å². The summed E-state index contributed by atoms with van der Waals surface area (Å²) >= 11 is 1.65. The van der Waals surface area contributed by atoms with Gasteiger partial charge >= 0.3 is 0 Å². The molecule has 0 saturated heterocycles. The number of nitro benzene ring substituents is 1. The van der Waals surface area contributed by atoms with Crippen molar-refractivity contribution in [3.8, 4) is 0 Å². The van der Waals surface area contributed by atoms with Crippen molar-refractivity contribution >= 4 is 27.9 Å². The van der Waals surface area contributed by atoms with E-state index in [0.29, 0.717) is 6.54 Å². The second-order valence-corrected chi connectivity index (χ2v) is 5.47. The SMILES string of the molecule is CCc1nc(Cn2ccc3ccc([N+](=O)[O-])cc32)cs1. The standard InChI is InChI=1S/C14H13N3O2S/c1-2-14-15-11(9-20-14)8-16-6-5-10-3-4-12(17(18)19)7-13(10)16/h3-7,9H,2,8H2,1H3. The zero-order valence-corrected chi connectivity index (χ0v) is 11.8. The first-order valence-electron chi connectivity index (χ1n) is 6.34. The molecule has 5 nitrogen and oxygen atoms in total. The third kappa shape index (κ3) is 2.30. The van der Waals surface area contributed by atoms with Crippen molar-refractivity contribution in [1.29, 1.82) is 0 Å². The smallest absolute Gasteiger partial charge is 0.271 e. The van der Waals surface area contributed by atoms with E-state index >= 15 is 0 Å². The van der Waals surface area contributed by atoms with Crippen molar-refractivity contribution in [3.63, 3.8) is 0 Å². The Morgan fingerprint density at radius 2 is 2.25 bits per heavy atom. The first kappa shape index (κ1) is 12.8. The highest BCUT2D eigenvalue weighted by molar-refractivity contribution is 7.09. The fourth-order valence-corrected chi connectivity index (χ4v) is 2.92. The molecule has 3 aromatic rings. The molecule has 0 N–H and O–H groups in total. The van der Waals surface area contributed by atoms with Gasteiger partial charge in [-0.2, -0.15) is 0 Å². The molecule has 1 aromatic carbocycles. The first-order valence-corrected chi connectivity index (χ1v) is 7.22.